The molecule has 0 fully saturated rings. The summed E-state index contributed by atoms with van der Waals surface area (Å²) in [6.07, 6.45) is 4.38. The Bertz CT molecular complexity index is 911. The van der Waals surface area contributed by atoms with Crippen LogP contribution in [0.5, 0.6) is 0 Å². The number of nitrogens with one attached hydrogen (secondary N) is 1. The number of anilines is 1. The molecule has 0 aromatic carbocycles. The number of fused-ring (bicyclic) bond motifs is 1. The first-order valence-electron chi connectivity index (χ1n) is 8.31. The minimum absolute atomic E-state index is 0.0803. The van der Waals surface area contributed by atoms with Crippen LogP contribution in [-0.4, -0.2) is 43.3 Å². The van der Waals surface area contributed by atoms with Crippen LogP contribution in [0.2, 0.25) is 0 Å². The number of imidazole rings is 1. The molecule has 0 saturated carbocycles. The Balaban J connectivity index is 2.07. The third-order valence-corrected chi connectivity index (χ3v) is 4.02. The van der Waals surface area contributed by atoms with E-state index in [1.807, 2.05) is 30.8 Å². The number of nitrogens with zero attached hydrogens (tertiary/aromatic N) is 5. The molecule has 0 radical (unpaired) electrons. The molecule has 0 bridgehead atoms. The molecule has 132 valence electrons. The molecule has 25 heavy (non-hydrogen) atoms. The smallest absolute Gasteiger partial charge is 0.325 e. The van der Waals surface area contributed by atoms with E-state index < -0.39 is 0 Å². The van der Waals surface area contributed by atoms with Crippen LogP contribution in [0.1, 0.15) is 25.1 Å². The Labute approximate surface area is 145 Å². The monoisotopic (exact) mass is 342 g/mol. The van der Waals surface area contributed by atoms with Crippen LogP contribution in [0.15, 0.2) is 18.5 Å². The van der Waals surface area contributed by atoms with Gasteiger partial charge in [-0.3, -0.25) is 4.79 Å². The molecule has 3 aromatic heterocycles. The average Bonchev–Trinajstić information content (AvgIpc) is 3.18. The van der Waals surface area contributed by atoms with E-state index in [1.54, 1.807) is 17.6 Å². The maximum atomic E-state index is 11.7. The van der Waals surface area contributed by atoms with Crippen molar-refractivity contribution in [3.63, 3.8) is 0 Å². The third kappa shape index (κ3) is 3.19. The van der Waals surface area contributed by atoms with Crippen LogP contribution < -0.4 is 5.32 Å². The van der Waals surface area contributed by atoms with Gasteiger partial charge in [-0.2, -0.15) is 9.61 Å². The predicted molar refractivity (Wildman–Crippen MR) is 94.4 cm³/mol. The molecule has 8 nitrogen and oxygen atoms in total. The van der Waals surface area contributed by atoms with Crippen molar-refractivity contribution in [3.05, 3.63) is 29.7 Å². The molecule has 0 spiro atoms. The summed E-state index contributed by atoms with van der Waals surface area (Å²) in [6, 6.07) is 1.89. The predicted octanol–water partition coefficient (Wildman–Crippen LogP) is 1.98. The molecule has 0 aliphatic carbocycles. The number of ether oxygens (including phenoxy) is 1. The molecule has 0 atom stereocenters. The number of carbonyl (C=O) groups excluding carboxylic acids is 1. The quantitative estimate of drug-likeness (QED) is 0.689. The van der Waals surface area contributed by atoms with E-state index in [0.29, 0.717) is 12.3 Å². The lowest BCUT2D eigenvalue weighted by molar-refractivity contribution is -0.140. The number of hydrogen-bond donors (Lipinski definition) is 1. The van der Waals surface area contributed by atoms with E-state index in [4.69, 9.17) is 4.74 Å². The van der Waals surface area contributed by atoms with E-state index in [9.17, 15) is 4.79 Å². The van der Waals surface area contributed by atoms with Crippen LogP contribution >= 0.6 is 0 Å². The Kier molecular flexibility index (Phi) is 4.69. The van der Waals surface area contributed by atoms with Crippen molar-refractivity contribution < 1.29 is 9.53 Å². The van der Waals surface area contributed by atoms with Gasteiger partial charge in [0.15, 0.2) is 11.5 Å². The first-order valence-corrected chi connectivity index (χ1v) is 8.31. The SMILES string of the molecule is CCOC(=O)CNc1c(CC)c(C)nc2cc(-c3nccn3C)nn12. The summed E-state index contributed by atoms with van der Waals surface area (Å²) >= 11 is 0. The zero-order valence-corrected chi connectivity index (χ0v) is 14.9. The maximum absolute atomic E-state index is 11.7. The second-order valence-corrected chi connectivity index (χ2v) is 5.70. The van der Waals surface area contributed by atoms with Gasteiger partial charge in [0, 0.05) is 36.8 Å². The highest BCUT2D eigenvalue weighted by Crippen LogP contribution is 2.24. The summed E-state index contributed by atoms with van der Waals surface area (Å²) < 4.78 is 8.63. The normalized spacial score (nSPS) is 11.0. The van der Waals surface area contributed by atoms with Crippen molar-refractivity contribution in [2.75, 3.05) is 18.5 Å². The van der Waals surface area contributed by atoms with Gasteiger partial charge in [0.25, 0.3) is 0 Å². The molecule has 3 rings (SSSR count). The second kappa shape index (κ2) is 6.92. The minimum Gasteiger partial charge on any atom is -0.465 e. The zero-order chi connectivity index (χ0) is 18.0. The highest BCUT2D eigenvalue weighted by molar-refractivity contribution is 5.75. The van der Waals surface area contributed by atoms with Crippen LogP contribution in [0.25, 0.3) is 17.2 Å². The molecule has 3 heterocycles. The van der Waals surface area contributed by atoms with Crippen molar-refractivity contribution >= 4 is 17.4 Å². The highest BCUT2D eigenvalue weighted by atomic mass is 16.5. The van der Waals surface area contributed by atoms with Crippen molar-refractivity contribution in [3.8, 4) is 11.5 Å². The highest BCUT2D eigenvalue weighted by Gasteiger charge is 2.17. The zero-order valence-electron chi connectivity index (χ0n) is 14.9. The van der Waals surface area contributed by atoms with E-state index in [-0.39, 0.29) is 12.5 Å². The van der Waals surface area contributed by atoms with E-state index >= 15 is 0 Å². The van der Waals surface area contributed by atoms with Gasteiger partial charge in [0.1, 0.15) is 18.1 Å². The fourth-order valence-corrected chi connectivity index (χ4v) is 2.85. The summed E-state index contributed by atoms with van der Waals surface area (Å²) in [5.74, 6) is 1.22. The lowest BCUT2D eigenvalue weighted by Crippen LogP contribution is -2.20. The lowest BCUT2D eigenvalue weighted by Gasteiger charge is -2.14. The van der Waals surface area contributed by atoms with Crippen LogP contribution in [0.3, 0.4) is 0 Å². The number of carbonyl (C=O) groups is 1. The number of aryl methyl sites for hydroxylation is 2. The van der Waals surface area contributed by atoms with Gasteiger partial charge < -0.3 is 14.6 Å². The Morgan fingerprint density at radius 1 is 1.36 bits per heavy atom. The molecule has 1 N–H and O–H groups in total. The summed E-state index contributed by atoms with van der Waals surface area (Å²) in [6.45, 7) is 6.24. The Morgan fingerprint density at radius 2 is 2.16 bits per heavy atom. The van der Waals surface area contributed by atoms with Gasteiger partial charge in [-0.25, -0.2) is 9.97 Å². The van der Waals surface area contributed by atoms with Gasteiger partial charge in [-0.15, -0.1) is 0 Å². The molecule has 3 aromatic rings. The summed E-state index contributed by atoms with van der Waals surface area (Å²) in [5.41, 5.74) is 3.37. The summed E-state index contributed by atoms with van der Waals surface area (Å²) in [5, 5.41) is 7.81. The van der Waals surface area contributed by atoms with Crippen molar-refractivity contribution in [1.82, 2.24) is 24.1 Å². The number of aromatic nitrogens is 5. The Hall–Kier alpha value is -2.90. The third-order valence-electron chi connectivity index (χ3n) is 4.02. The van der Waals surface area contributed by atoms with Crippen molar-refractivity contribution in [2.24, 2.45) is 7.05 Å². The molecule has 0 unspecified atom stereocenters. The first kappa shape index (κ1) is 16.9. The molecular weight excluding hydrogens is 320 g/mol. The van der Waals surface area contributed by atoms with Gasteiger partial charge >= 0.3 is 5.97 Å². The van der Waals surface area contributed by atoms with Crippen LogP contribution in [-0.2, 0) is 23.0 Å². The second-order valence-electron chi connectivity index (χ2n) is 5.70. The molecule has 0 saturated heterocycles. The molecule has 0 amide bonds. The van der Waals surface area contributed by atoms with Gasteiger partial charge in [-0.05, 0) is 20.3 Å². The molecule has 0 aliphatic rings. The topological polar surface area (TPSA) is 86.3 Å². The van der Waals surface area contributed by atoms with E-state index in [0.717, 1.165) is 35.0 Å². The van der Waals surface area contributed by atoms with Gasteiger partial charge in [-0.1, -0.05) is 6.92 Å². The van der Waals surface area contributed by atoms with Crippen molar-refractivity contribution in [2.45, 2.75) is 27.2 Å². The number of esters is 1. The molecular formula is C17H22N6O2. The Morgan fingerprint density at radius 3 is 2.80 bits per heavy atom. The fraction of sp³-hybridized carbons (Fsp3) is 0.412. The first-order chi connectivity index (χ1) is 12.0. The molecule has 8 heteroatoms. The standard InChI is InChI=1S/C17H22N6O2/c1-5-12-11(3)20-14-9-13(17-18-7-8-22(17)4)21-23(14)16(12)19-10-15(24)25-6-2/h7-9,19H,5-6,10H2,1-4H3. The van der Waals surface area contributed by atoms with E-state index in [1.165, 1.54) is 0 Å². The fourth-order valence-electron chi connectivity index (χ4n) is 2.85. The summed E-state index contributed by atoms with van der Waals surface area (Å²) in [7, 11) is 1.92. The van der Waals surface area contributed by atoms with Crippen LogP contribution in [0.4, 0.5) is 5.82 Å². The van der Waals surface area contributed by atoms with Crippen LogP contribution in [0, 0.1) is 6.92 Å². The van der Waals surface area contributed by atoms with Gasteiger partial charge in [0.05, 0.1) is 6.61 Å². The number of rotatable bonds is 6. The number of hydrogen-bond acceptors (Lipinski definition) is 6. The largest absolute Gasteiger partial charge is 0.465 e. The average molecular weight is 342 g/mol. The minimum atomic E-state index is -0.302. The van der Waals surface area contributed by atoms with Crippen molar-refractivity contribution in [1.29, 1.82) is 0 Å². The van der Waals surface area contributed by atoms with E-state index in [2.05, 4.69) is 27.3 Å². The lowest BCUT2D eigenvalue weighted by atomic mass is 10.1. The summed E-state index contributed by atoms with van der Waals surface area (Å²) in [4.78, 5) is 20.7. The van der Waals surface area contributed by atoms with Gasteiger partial charge in [0.2, 0.25) is 0 Å². The maximum Gasteiger partial charge on any atom is 0.325 e. The molecule has 0 aliphatic heterocycles.